The van der Waals surface area contributed by atoms with E-state index in [-0.39, 0.29) is 17.3 Å². The maximum Gasteiger partial charge on any atom is 0.264 e. The molecule has 0 aliphatic rings. The van der Waals surface area contributed by atoms with Gasteiger partial charge < -0.3 is 5.32 Å². The number of amides is 1. The van der Waals surface area contributed by atoms with Crippen molar-refractivity contribution in [1.82, 2.24) is 5.32 Å². The van der Waals surface area contributed by atoms with Crippen LogP contribution in [0.4, 0.5) is 5.69 Å². The third-order valence-electron chi connectivity index (χ3n) is 5.51. The van der Waals surface area contributed by atoms with Crippen molar-refractivity contribution in [2.75, 3.05) is 23.1 Å². The van der Waals surface area contributed by atoms with Gasteiger partial charge in [-0.1, -0.05) is 66.6 Å². The number of hydrogen-bond donors (Lipinski definition) is 1. The molecule has 1 amide bonds. The van der Waals surface area contributed by atoms with E-state index in [2.05, 4.69) is 5.32 Å². The van der Waals surface area contributed by atoms with Gasteiger partial charge in [0.25, 0.3) is 10.0 Å². The standard InChI is InChI=1S/C27H31ClN2O3S2/c1-3-23-7-4-5-8-26(23)30(35(32,33)25-15-9-21(2)10-16-25)19-27(31)29-17-6-18-34-20-22-11-13-24(28)14-12-22/h4-5,7-16H,3,6,17-20H2,1-2H3,(H,29,31). The summed E-state index contributed by atoms with van der Waals surface area (Å²) in [6.07, 6.45) is 1.45. The quantitative estimate of drug-likeness (QED) is 0.298. The summed E-state index contributed by atoms with van der Waals surface area (Å²) in [5, 5.41) is 3.61. The van der Waals surface area contributed by atoms with Crippen LogP contribution in [-0.2, 0) is 27.0 Å². The van der Waals surface area contributed by atoms with E-state index in [1.165, 1.54) is 9.87 Å². The number of anilines is 1. The Kier molecular flexibility index (Phi) is 10.1. The van der Waals surface area contributed by atoms with Gasteiger partial charge in [-0.25, -0.2) is 8.42 Å². The highest BCUT2D eigenvalue weighted by molar-refractivity contribution is 7.98. The Morgan fingerprint density at radius 2 is 1.69 bits per heavy atom. The maximum absolute atomic E-state index is 13.6. The molecular formula is C27H31ClN2O3S2. The van der Waals surface area contributed by atoms with Gasteiger partial charge in [0, 0.05) is 17.3 Å². The van der Waals surface area contributed by atoms with Crippen molar-refractivity contribution >= 4 is 45.0 Å². The van der Waals surface area contributed by atoms with E-state index in [0.29, 0.717) is 18.7 Å². The molecule has 0 atom stereocenters. The topological polar surface area (TPSA) is 66.5 Å². The molecule has 0 aromatic heterocycles. The summed E-state index contributed by atoms with van der Waals surface area (Å²) in [4.78, 5) is 13.0. The van der Waals surface area contributed by atoms with Crippen molar-refractivity contribution in [3.63, 3.8) is 0 Å². The van der Waals surface area contributed by atoms with E-state index in [1.807, 2.05) is 50.2 Å². The molecular weight excluding hydrogens is 500 g/mol. The Hall–Kier alpha value is -2.48. The third-order valence-corrected chi connectivity index (χ3v) is 8.65. The van der Waals surface area contributed by atoms with E-state index < -0.39 is 10.0 Å². The summed E-state index contributed by atoms with van der Waals surface area (Å²) in [5.74, 6) is 1.43. The third kappa shape index (κ3) is 7.75. The van der Waals surface area contributed by atoms with Crippen LogP contribution >= 0.6 is 23.4 Å². The predicted octanol–water partition coefficient (Wildman–Crippen LogP) is 5.85. The molecule has 0 aliphatic carbocycles. The van der Waals surface area contributed by atoms with Gasteiger partial charge in [0.2, 0.25) is 5.91 Å². The Morgan fingerprint density at radius 3 is 2.37 bits per heavy atom. The molecule has 0 aliphatic heterocycles. The fourth-order valence-electron chi connectivity index (χ4n) is 3.55. The SMILES string of the molecule is CCc1ccccc1N(CC(=O)NCCCSCc1ccc(Cl)cc1)S(=O)(=O)c1ccc(C)cc1. The van der Waals surface area contributed by atoms with E-state index in [0.717, 1.165) is 34.1 Å². The van der Waals surface area contributed by atoms with Gasteiger partial charge in [-0.3, -0.25) is 9.10 Å². The minimum atomic E-state index is -3.91. The second-order valence-corrected chi connectivity index (χ2v) is 11.6. The number of rotatable bonds is 12. The van der Waals surface area contributed by atoms with Crippen LogP contribution in [-0.4, -0.2) is 33.2 Å². The smallest absolute Gasteiger partial charge is 0.264 e. The first kappa shape index (κ1) is 27.1. The molecule has 1 N–H and O–H groups in total. The lowest BCUT2D eigenvalue weighted by atomic mass is 10.1. The van der Waals surface area contributed by atoms with E-state index in [1.54, 1.807) is 48.2 Å². The van der Waals surface area contributed by atoms with Crippen LogP contribution in [0, 0.1) is 6.92 Å². The fraction of sp³-hybridized carbons (Fsp3) is 0.296. The number of sulfonamides is 1. The van der Waals surface area contributed by atoms with E-state index >= 15 is 0 Å². The molecule has 5 nitrogen and oxygen atoms in total. The lowest BCUT2D eigenvalue weighted by molar-refractivity contribution is -0.119. The first-order valence-corrected chi connectivity index (χ1v) is 14.5. The van der Waals surface area contributed by atoms with Gasteiger partial charge in [0.1, 0.15) is 6.54 Å². The Labute approximate surface area is 217 Å². The number of aryl methyl sites for hydroxylation is 2. The molecule has 0 heterocycles. The number of nitrogens with one attached hydrogen (secondary N) is 1. The number of nitrogens with zero attached hydrogens (tertiary/aromatic N) is 1. The van der Waals surface area contributed by atoms with Crippen LogP contribution in [0.25, 0.3) is 0 Å². The number of carbonyl (C=O) groups is 1. The van der Waals surface area contributed by atoms with Crippen LogP contribution in [0.5, 0.6) is 0 Å². The molecule has 0 unspecified atom stereocenters. The lowest BCUT2D eigenvalue weighted by Crippen LogP contribution is -2.41. The van der Waals surface area contributed by atoms with Crippen molar-refractivity contribution in [3.05, 3.63) is 94.5 Å². The first-order chi connectivity index (χ1) is 16.8. The van der Waals surface area contributed by atoms with Crippen LogP contribution in [0.15, 0.2) is 77.7 Å². The summed E-state index contributed by atoms with van der Waals surface area (Å²) in [6, 6.07) is 21.8. The summed E-state index contributed by atoms with van der Waals surface area (Å²) in [7, 11) is -3.91. The van der Waals surface area contributed by atoms with Crippen LogP contribution in [0.1, 0.15) is 30.0 Å². The maximum atomic E-state index is 13.6. The Balaban J connectivity index is 1.62. The highest BCUT2D eigenvalue weighted by atomic mass is 35.5. The number of hydrogen-bond acceptors (Lipinski definition) is 4. The molecule has 0 fully saturated rings. The highest BCUT2D eigenvalue weighted by Crippen LogP contribution is 2.27. The zero-order chi connectivity index (χ0) is 25.3. The minimum Gasteiger partial charge on any atom is -0.354 e. The summed E-state index contributed by atoms with van der Waals surface area (Å²) in [5.41, 5.74) is 3.57. The monoisotopic (exact) mass is 530 g/mol. The van der Waals surface area contributed by atoms with E-state index in [4.69, 9.17) is 11.6 Å². The number of benzene rings is 3. The average Bonchev–Trinajstić information content (AvgIpc) is 2.86. The first-order valence-electron chi connectivity index (χ1n) is 11.6. The second-order valence-electron chi connectivity index (χ2n) is 8.19. The molecule has 0 radical (unpaired) electrons. The summed E-state index contributed by atoms with van der Waals surface area (Å²) in [6.45, 7) is 4.09. The largest absolute Gasteiger partial charge is 0.354 e. The summed E-state index contributed by atoms with van der Waals surface area (Å²) >= 11 is 7.70. The molecule has 3 aromatic rings. The van der Waals surface area contributed by atoms with Gasteiger partial charge in [0.05, 0.1) is 10.6 Å². The molecule has 0 bridgehead atoms. The molecule has 35 heavy (non-hydrogen) atoms. The van der Waals surface area contributed by atoms with Gasteiger partial charge in [-0.15, -0.1) is 0 Å². The average molecular weight is 531 g/mol. The number of para-hydroxylation sites is 1. The molecule has 3 rings (SSSR count). The second kappa shape index (κ2) is 13.0. The number of carbonyl (C=O) groups excluding carboxylic acids is 1. The van der Waals surface area contributed by atoms with E-state index in [9.17, 15) is 13.2 Å². The van der Waals surface area contributed by atoms with Crippen molar-refractivity contribution in [2.45, 2.75) is 37.3 Å². The van der Waals surface area contributed by atoms with Crippen LogP contribution in [0.2, 0.25) is 5.02 Å². The van der Waals surface area contributed by atoms with Crippen LogP contribution in [0.3, 0.4) is 0 Å². The number of thioether (sulfide) groups is 1. The minimum absolute atomic E-state index is 0.167. The zero-order valence-electron chi connectivity index (χ0n) is 20.0. The Morgan fingerprint density at radius 1 is 1.00 bits per heavy atom. The van der Waals surface area contributed by atoms with Crippen molar-refractivity contribution in [3.8, 4) is 0 Å². The lowest BCUT2D eigenvalue weighted by Gasteiger charge is -2.26. The van der Waals surface area contributed by atoms with Gasteiger partial charge >= 0.3 is 0 Å². The van der Waals surface area contributed by atoms with Gasteiger partial charge in [-0.2, -0.15) is 11.8 Å². The molecule has 0 saturated carbocycles. The zero-order valence-corrected chi connectivity index (χ0v) is 22.4. The molecule has 3 aromatic carbocycles. The van der Waals surface area contributed by atoms with Crippen molar-refractivity contribution < 1.29 is 13.2 Å². The van der Waals surface area contributed by atoms with Gasteiger partial charge in [0.15, 0.2) is 0 Å². The fourth-order valence-corrected chi connectivity index (χ4v) is 6.05. The summed E-state index contributed by atoms with van der Waals surface area (Å²) < 4.78 is 28.3. The molecule has 8 heteroatoms. The molecule has 186 valence electrons. The van der Waals surface area contributed by atoms with Crippen LogP contribution < -0.4 is 9.62 Å². The van der Waals surface area contributed by atoms with Crippen molar-refractivity contribution in [2.24, 2.45) is 0 Å². The molecule has 0 saturated heterocycles. The Bertz CT molecular complexity index is 1210. The van der Waals surface area contributed by atoms with Gasteiger partial charge in [-0.05, 0) is 67.0 Å². The highest BCUT2D eigenvalue weighted by Gasteiger charge is 2.28. The predicted molar refractivity (Wildman–Crippen MR) is 147 cm³/mol. The normalized spacial score (nSPS) is 11.3. The molecule has 0 spiro atoms. The van der Waals surface area contributed by atoms with Crippen molar-refractivity contribution in [1.29, 1.82) is 0 Å². The number of halogens is 1.